The molecule has 2 aromatic rings. The van der Waals surface area contributed by atoms with Crippen LogP contribution in [0.3, 0.4) is 0 Å². The van der Waals surface area contributed by atoms with Crippen LogP contribution in [0.4, 0.5) is 0 Å². The Labute approximate surface area is 126 Å². The maximum Gasteiger partial charge on any atom is 0.0457 e. The summed E-state index contributed by atoms with van der Waals surface area (Å²) in [6.45, 7) is 4.77. The monoisotopic (exact) mass is 283 g/mol. The maximum absolute atomic E-state index is 3.65. The highest BCUT2D eigenvalue weighted by Gasteiger charge is 2.26. The fourth-order valence-electron chi connectivity index (χ4n) is 3.60. The van der Waals surface area contributed by atoms with Crippen LogP contribution in [0, 0.1) is 5.92 Å². The fourth-order valence-corrected chi connectivity index (χ4v) is 3.60. The molecule has 1 saturated heterocycles. The van der Waals surface area contributed by atoms with Crippen LogP contribution in [0.15, 0.2) is 30.5 Å². The predicted molar refractivity (Wildman–Crippen MR) is 87.3 cm³/mol. The minimum atomic E-state index is 0.703. The lowest BCUT2D eigenvalue weighted by Crippen LogP contribution is -2.38. The van der Waals surface area contributed by atoms with E-state index in [-0.39, 0.29) is 0 Å². The summed E-state index contributed by atoms with van der Waals surface area (Å²) < 4.78 is 0. The number of nitrogens with one attached hydrogen (secondary N) is 2. The highest BCUT2D eigenvalue weighted by atomic mass is 15.2. The number of hydrogen-bond donors (Lipinski definition) is 2. The summed E-state index contributed by atoms with van der Waals surface area (Å²) in [5, 5.41) is 5.03. The lowest BCUT2D eigenvalue weighted by atomic mass is 10.1. The van der Waals surface area contributed by atoms with Gasteiger partial charge in [0.15, 0.2) is 0 Å². The average Bonchev–Trinajstić information content (AvgIpc) is 3.00. The van der Waals surface area contributed by atoms with Crippen LogP contribution < -0.4 is 5.32 Å². The van der Waals surface area contributed by atoms with Crippen LogP contribution in [0.5, 0.6) is 0 Å². The van der Waals surface area contributed by atoms with Crippen LogP contribution >= 0.6 is 0 Å². The number of rotatable bonds is 6. The summed E-state index contributed by atoms with van der Waals surface area (Å²) in [5.74, 6) is 0.955. The molecule has 1 aliphatic heterocycles. The summed E-state index contributed by atoms with van der Waals surface area (Å²) in [6.07, 6.45) is 7.75. The van der Waals surface area contributed by atoms with Crippen LogP contribution in [0.2, 0.25) is 0 Å². The van der Waals surface area contributed by atoms with Gasteiger partial charge in [-0.05, 0) is 49.8 Å². The van der Waals surface area contributed by atoms with E-state index in [1.807, 2.05) is 0 Å². The van der Waals surface area contributed by atoms with Gasteiger partial charge in [0, 0.05) is 42.8 Å². The number of para-hydroxylation sites is 1. The predicted octanol–water partition coefficient (Wildman–Crippen LogP) is 3.13. The standard InChI is InChI=1S/C18H25N3/c1-2-6-18-17(5-1)15(10-20-18)12-21(11-14-7-8-14)13-16-4-3-9-19-16/h1-2,5-6,10,14,16,19-20H,3-4,7-9,11-13H2. The van der Waals surface area contributed by atoms with Gasteiger partial charge in [-0.1, -0.05) is 18.2 Å². The minimum absolute atomic E-state index is 0.703. The van der Waals surface area contributed by atoms with E-state index >= 15 is 0 Å². The van der Waals surface area contributed by atoms with E-state index in [1.165, 1.54) is 61.8 Å². The zero-order valence-electron chi connectivity index (χ0n) is 12.6. The van der Waals surface area contributed by atoms with Gasteiger partial charge in [0.05, 0.1) is 0 Å². The number of H-pyrrole nitrogens is 1. The molecule has 0 radical (unpaired) electrons. The third-order valence-corrected chi connectivity index (χ3v) is 4.92. The molecule has 112 valence electrons. The van der Waals surface area contributed by atoms with Crippen molar-refractivity contribution >= 4 is 10.9 Å². The quantitative estimate of drug-likeness (QED) is 0.853. The van der Waals surface area contributed by atoms with Gasteiger partial charge in [0.1, 0.15) is 0 Å². The zero-order chi connectivity index (χ0) is 14.1. The van der Waals surface area contributed by atoms with Gasteiger partial charge in [0.25, 0.3) is 0 Å². The number of benzene rings is 1. The zero-order valence-corrected chi connectivity index (χ0v) is 12.6. The van der Waals surface area contributed by atoms with Crippen LogP contribution in [-0.4, -0.2) is 35.6 Å². The molecule has 3 heteroatoms. The Kier molecular flexibility index (Phi) is 3.70. The largest absolute Gasteiger partial charge is 0.361 e. The molecule has 1 atom stereocenters. The summed E-state index contributed by atoms with van der Waals surface area (Å²) in [7, 11) is 0. The minimum Gasteiger partial charge on any atom is -0.361 e. The van der Waals surface area contributed by atoms with E-state index in [0.717, 1.165) is 12.5 Å². The number of nitrogens with zero attached hydrogens (tertiary/aromatic N) is 1. The second-order valence-electron chi connectivity index (χ2n) is 6.79. The maximum atomic E-state index is 3.65. The first-order valence-electron chi connectivity index (χ1n) is 8.39. The Morgan fingerprint density at radius 1 is 1.10 bits per heavy atom. The molecule has 0 spiro atoms. The van der Waals surface area contributed by atoms with Crippen molar-refractivity contribution in [2.24, 2.45) is 5.92 Å². The lowest BCUT2D eigenvalue weighted by Gasteiger charge is -2.25. The Morgan fingerprint density at radius 3 is 2.81 bits per heavy atom. The van der Waals surface area contributed by atoms with E-state index in [2.05, 4.69) is 45.7 Å². The van der Waals surface area contributed by atoms with E-state index < -0.39 is 0 Å². The van der Waals surface area contributed by atoms with E-state index in [4.69, 9.17) is 0 Å². The molecule has 1 aromatic heterocycles. The highest BCUT2D eigenvalue weighted by molar-refractivity contribution is 5.82. The van der Waals surface area contributed by atoms with Crippen molar-refractivity contribution in [1.82, 2.24) is 15.2 Å². The molecular formula is C18H25N3. The molecule has 0 bridgehead atoms. The van der Waals surface area contributed by atoms with Crippen molar-refractivity contribution in [2.75, 3.05) is 19.6 Å². The third-order valence-electron chi connectivity index (χ3n) is 4.92. The van der Waals surface area contributed by atoms with Crippen molar-refractivity contribution in [3.05, 3.63) is 36.0 Å². The molecule has 3 nitrogen and oxygen atoms in total. The summed E-state index contributed by atoms with van der Waals surface area (Å²) in [4.78, 5) is 6.09. The second-order valence-corrected chi connectivity index (χ2v) is 6.79. The Hall–Kier alpha value is -1.32. The van der Waals surface area contributed by atoms with Gasteiger partial charge in [-0.3, -0.25) is 4.90 Å². The first kappa shape index (κ1) is 13.4. The normalized spacial score (nSPS) is 22.4. The molecule has 21 heavy (non-hydrogen) atoms. The van der Waals surface area contributed by atoms with Crippen LogP contribution in [0.1, 0.15) is 31.2 Å². The van der Waals surface area contributed by atoms with E-state index in [9.17, 15) is 0 Å². The van der Waals surface area contributed by atoms with Crippen molar-refractivity contribution in [3.8, 4) is 0 Å². The molecule has 2 fully saturated rings. The van der Waals surface area contributed by atoms with Crippen LogP contribution in [-0.2, 0) is 6.54 Å². The number of aromatic amines is 1. The van der Waals surface area contributed by atoms with E-state index in [0.29, 0.717) is 6.04 Å². The van der Waals surface area contributed by atoms with Gasteiger partial charge in [-0.25, -0.2) is 0 Å². The summed E-state index contributed by atoms with van der Waals surface area (Å²) in [5.41, 5.74) is 2.71. The second kappa shape index (κ2) is 5.82. The molecule has 1 unspecified atom stereocenters. The Morgan fingerprint density at radius 2 is 2.00 bits per heavy atom. The fraction of sp³-hybridized carbons (Fsp3) is 0.556. The Bertz CT molecular complexity index is 593. The summed E-state index contributed by atoms with van der Waals surface area (Å²) >= 11 is 0. The Balaban J connectivity index is 1.49. The first-order chi connectivity index (χ1) is 10.4. The SMILES string of the molecule is c1ccc2c(CN(CC3CC3)CC3CCCN3)c[nH]c2c1. The van der Waals surface area contributed by atoms with Gasteiger partial charge in [-0.15, -0.1) is 0 Å². The summed E-state index contributed by atoms with van der Waals surface area (Å²) in [6, 6.07) is 9.36. The first-order valence-corrected chi connectivity index (χ1v) is 8.39. The van der Waals surface area contributed by atoms with Crippen molar-refractivity contribution in [3.63, 3.8) is 0 Å². The topological polar surface area (TPSA) is 31.1 Å². The van der Waals surface area contributed by atoms with Crippen LogP contribution in [0.25, 0.3) is 10.9 Å². The number of aromatic nitrogens is 1. The molecule has 2 N–H and O–H groups in total. The number of hydrogen-bond acceptors (Lipinski definition) is 2. The molecule has 2 aliphatic rings. The van der Waals surface area contributed by atoms with Crippen molar-refractivity contribution in [1.29, 1.82) is 0 Å². The molecule has 1 aliphatic carbocycles. The molecule has 1 saturated carbocycles. The van der Waals surface area contributed by atoms with Gasteiger partial charge in [-0.2, -0.15) is 0 Å². The smallest absolute Gasteiger partial charge is 0.0457 e. The molecule has 2 heterocycles. The van der Waals surface area contributed by atoms with Crippen molar-refractivity contribution < 1.29 is 0 Å². The lowest BCUT2D eigenvalue weighted by molar-refractivity contribution is 0.232. The highest BCUT2D eigenvalue weighted by Crippen LogP contribution is 2.31. The van der Waals surface area contributed by atoms with Gasteiger partial charge < -0.3 is 10.3 Å². The average molecular weight is 283 g/mol. The third kappa shape index (κ3) is 3.14. The van der Waals surface area contributed by atoms with Crippen molar-refractivity contribution in [2.45, 2.75) is 38.3 Å². The van der Waals surface area contributed by atoms with Gasteiger partial charge in [0.2, 0.25) is 0 Å². The number of fused-ring (bicyclic) bond motifs is 1. The molecular weight excluding hydrogens is 258 g/mol. The molecule has 1 aromatic carbocycles. The molecule has 4 rings (SSSR count). The van der Waals surface area contributed by atoms with E-state index in [1.54, 1.807) is 0 Å². The molecule has 0 amide bonds. The van der Waals surface area contributed by atoms with Gasteiger partial charge >= 0.3 is 0 Å².